The maximum Gasteiger partial charge on any atom is 0.257 e. The van der Waals surface area contributed by atoms with Gasteiger partial charge in [-0.25, -0.2) is 0 Å². The van der Waals surface area contributed by atoms with Crippen LogP contribution in [0.1, 0.15) is 69.7 Å². The highest BCUT2D eigenvalue weighted by molar-refractivity contribution is 7.80. The van der Waals surface area contributed by atoms with E-state index in [1.807, 2.05) is 31.2 Å². The molecule has 6 heteroatoms. The molecule has 1 amide bonds. The van der Waals surface area contributed by atoms with Gasteiger partial charge < -0.3 is 14.8 Å². The van der Waals surface area contributed by atoms with Gasteiger partial charge in [0, 0.05) is 17.3 Å². The quantitative estimate of drug-likeness (QED) is 0.297. The molecule has 1 unspecified atom stereocenters. The Hall–Kier alpha value is -2.60. The highest BCUT2D eigenvalue weighted by Crippen LogP contribution is 2.18. The van der Waals surface area contributed by atoms with Gasteiger partial charge in [0.2, 0.25) is 0 Å². The van der Waals surface area contributed by atoms with E-state index >= 15 is 0 Å². The Morgan fingerprint density at radius 1 is 1.00 bits per heavy atom. The minimum absolute atomic E-state index is 0.136. The van der Waals surface area contributed by atoms with Crippen molar-refractivity contribution in [1.82, 2.24) is 5.32 Å². The van der Waals surface area contributed by atoms with Crippen LogP contribution in [-0.4, -0.2) is 23.7 Å². The predicted octanol–water partition coefficient (Wildman–Crippen LogP) is 6.34. The fourth-order valence-corrected chi connectivity index (χ4v) is 3.11. The number of unbranched alkanes of at least 4 members (excludes halogenated alkanes) is 4. The van der Waals surface area contributed by atoms with Gasteiger partial charge in [-0.3, -0.25) is 10.1 Å². The number of benzene rings is 2. The molecule has 0 heterocycles. The minimum atomic E-state index is -0.271. The number of nitrogens with one attached hydrogen (secondary N) is 2. The molecule has 0 fully saturated rings. The monoisotopic (exact) mass is 442 g/mol. The Morgan fingerprint density at radius 3 is 2.45 bits per heavy atom. The lowest BCUT2D eigenvalue weighted by atomic mass is 10.2. The van der Waals surface area contributed by atoms with Crippen LogP contribution in [0.2, 0.25) is 0 Å². The maximum atomic E-state index is 12.4. The van der Waals surface area contributed by atoms with Gasteiger partial charge in [-0.2, -0.15) is 0 Å². The number of carbonyl (C=O) groups excluding carboxylic acids is 1. The van der Waals surface area contributed by atoms with E-state index in [0.717, 1.165) is 30.0 Å². The van der Waals surface area contributed by atoms with E-state index in [-0.39, 0.29) is 17.1 Å². The van der Waals surface area contributed by atoms with Crippen molar-refractivity contribution in [1.29, 1.82) is 0 Å². The maximum absolute atomic E-state index is 12.4. The second-order valence-electron chi connectivity index (χ2n) is 7.56. The van der Waals surface area contributed by atoms with Crippen LogP contribution in [-0.2, 0) is 0 Å². The summed E-state index contributed by atoms with van der Waals surface area (Å²) in [5.74, 6) is 1.26. The molecular formula is C25H34N2O3S. The van der Waals surface area contributed by atoms with E-state index in [4.69, 9.17) is 21.7 Å². The van der Waals surface area contributed by atoms with Crippen molar-refractivity contribution in [2.45, 2.75) is 65.4 Å². The second kappa shape index (κ2) is 13.7. The first kappa shape index (κ1) is 24.7. The smallest absolute Gasteiger partial charge is 0.257 e. The van der Waals surface area contributed by atoms with Crippen LogP contribution < -0.4 is 20.1 Å². The zero-order valence-corrected chi connectivity index (χ0v) is 19.6. The van der Waals surface area contributed by atoms with Crippen LogP contribution in [0, 0.1) is 0 Å². The van der Waals surface area contributed by atoms with E-state index < -0.39 is 0 Å². The van der Waals surface area contributed by atoms with Crippen molar-refractivity contribution in [2.24, 2.45) is 0 Å². The van der Waals surface area contributed by atoms with E-state index in [9.17, 15) is 4.79 Å². The normalized spacial score (nSPS) is 11.5. The number of carbonyl (C=O) groups is 1. The molecule has 0 aromatic heterocycles. The molecule has 0 spiro atoms. The van der Waals surface area contributed by atoms with Crippen LogP contribution in [0.3, 0.4) is 0 Å². The van der Waals surface area contributed by atoms with Crippen molar-refractivity contribution < 1.29 is 14.3 Å². The average Bonchev–Trinajstić information content (AvgIpc) is 2.76. The van der Waals surface area contributed by atoms with Crippen molar-refractivity contribution in [3.63, 3.8) is 0 Å². The summed E-state index contributed by atoms with van der Waals surface area (Å²) in [7, 11) is 0. The summed E-state index contributed by atoms with van der Waals surface area (Å²) in [6, 6.07) is 14.6. The largest absolute Gasteiger partial charge is 0.494 e. The summed E-state index contributed by atoms with van der Waals surface area (Å²) >= 11 is 5.29. The van der Waals surface area contributed by atoms with Gasteiger partial charge in [-0.1, -0.05) is 45.6 Å². The van der Waals surface area contributed by atoms with E-state index in [1.165, 1.54) is 25.7 Å². The number of amides is 1. The third-order valence-corrected chi connectivity index (χ3v) is 5.07. The first-order valence-electron chi connectivity index (χ1n) is 11.1. The summed E-state index contributed by atoms with van der Waals surface area (Å²) in [6.07, 6.45) is 7.06. The van der Waals surface area contributed by atoms with Crippen molar-refractivity contribution in [2.75, 3.05) is 11.9 Å². The lowest BCUT2D eigenvalue weighted by Gasteiger charge is -2.13. The van der Waals surface area contributed by atoms with Crippen LogP contribution in [0.25, 0.3) is 0 Å². The first-order valence-corrected chi connectivity index (χ1v) is 11.5. The van der Waals surface area contributed by atoms with E-state index in [0.29, 0.717) is 12.2 Å². The molecule has 0 aliphatic heterocycles. The van der Waals surface area contributed by atoms with Crippen LogP contribution in [0.15, 0.2) is 48.5 Å². The van der Waals surface area contributed by atoms with Crippen LogP contribution in [0.5, 0.6) is 11.5 Å². The summed E-state index contributed by atoms with van der Waals surface area (Å²) in [4.78, 5) is 12.4. The summed E-state index contributed by atoms with van der Waals surface area (Å²) in [6.45, 7) is 6.99. The molecule has 2 rings (SSSR count). The van der Waals surface area contributed by atoms with Gasteiger partial charge in [0.1, 0.15) is 11.5 Å². The molecule has 31 heavy (non-hydrogen) atoms. The van der Waals surface area contributed by atoms with Gasteiger partial charge in [-0.05, 0) is 68.4 Å². The third kappa shape index (κ3) is 9.39. The number of anilines is 1. The SMILES string of the molecule is CCCCCCCOc1cccc(NC(=S)NC(=O)c2ccc(OC(C)CC)cc2)c1. The van der Waals surface area contributed by atoms with E-state index in [1.54, 1.807) is 24.3 Å². The molecule has 168 valence electrons. The molecular weight excluding hydrogens is 408 g/mol. The molecule has 5 nitrogen and oxygen atoms in total. The average molecular weight is 443 g/mol. The number of ether oxygens (including phenoxy) is 2. The topological polar surface area (TPSA) is 59.6 Å². The molecule has 0 saturated heterocycles. The van der Waals surface area contributed by atoms with Crippen LogP contribution in [0.4, 0.5) is 5.69 Å². The number of rotatable bonds is 12. The predicted molar refractivity (Wildman–Crippen MR) is 131 cm³/mol. The van der Waals surface area contributed by atoms with Gasteiger partial charge in [0.05, 0.1) is 12.7 Å². The Labute approximate surface area is 191 Å². The Morgan fingerprint density at radius 2 is 1.74 bits per heavy atom. The highest BCUT2D eigenvalue weighted by atomic mass is 32.1. The Bertz CT molecular complexity index is 824. The Kier molecular flexibility index (Phi) is 10.9. The van der Waals surface area contributed by atoms with Crippen molar-refractivity contribution in [3.05, 3.63) is 54.1 Å². The molecule has 0 aliphatic rings. The zero-order valence-electron chi connectivity index (χ0n) is 18.8. The molecule has 2 aromatic rings. The third-order valence-electron chi connectivity index (χ3n) is 4.86. The highest BCUT2D eigenvalue weighted by Gasteiger charge is 2.09. The van der Waals surface area contributed by atoms with Gasteiger partial charge >= 0.3 is 0 Å². The van der Waals surface area contributed by atoms with Crippen molar-refractivity contribution >= 4 is 28.9 Å². The second-order valence-corrected chi connectivity index (χ2v) is 7.97. The molecule has 1 atom stereocenters. The van der Waals surface area contributed by atoms with E-state index in [2.05, 4.69) is 24.5 Å². The van der Waals surface area contributed by atoms with Crippen molar-refractivity contribution in [3.8, 4) is 11.5 Å². The standard InChI is InChI=1S/C25H34N2O3S/c1-4-6-7-8-9-17-29-23-12-10-11-21(18-23)26-25(31)27-24(28)20-13-15-22(16-14-20)30-19(3)5-2/h10-16,18-19H,4-9,17H2,1-3H3,(H2,26,27,28,31). The van der Waals surface area contributed by atoms with Gasteiger partial charge in [0.15, 0.2) is 5.11 Å². The zero-order chi connectivity index (χ0) is 22.5. The van der Waals surface area contributed by atoms with Gasteiger partial charge in [-0.15, -0.1) is 0 Å². The van der Waals surface area contributed by atoms with Gasteiger partial charge in [0.25, 0.3) is 5.91 Å². The molecule has 0 bridgehead atoms. The summed E-state index contributed by atoms with van der Waals surface area (Å²) < 4.78 is 11.6. The molecule has 2 N–H and O–H groups in total. The molecule has 0 radical (unpaired) electrons. The first-order chi connectivity index (χ1) is 15.0. The lowest BCUT2D eigenvalue weighted by Crippen LogP contribution is -2.34. The molecule has 0 saturated carbocycles. The number of hydrogen-bond donors (Lipinski definition) is 2. The lowest BCUT2D eigenvalue weighted by molar-refractivity contribution is 0.0977. The fourth-order valence-electron chi connectivity index (χ4n) is 2.90. The Balaban J connectivity index is 1.80. The fraction of sp³-hybridized carbons (Fsp3) is 0.440. The molecule has 2 aromatic carbocycles. The number of hydrogen-bond acceptors (Lipinski definition) is 4. The molecule has 0 aliphatic carbocycles. The minimum Gasteiger partial charge on any atom is -0.494 e. The number of thiocarbonyl (C=S) groups is 1. The summed E-state index contributed by atoms with van der Waals surface area (Å²) in [5.41, 5.74) is 1.28. The summed E-state index contributed by atoms with van der Waals surface area (Å²) in [5, 5.41) is 5.99. The van der Waals surface area contributed by atoms with Crippen LogP contribution >= 0.6 is 12.2 Å².